The van der Waals surface area contributed by atoms with Crippen LogP contribution in [0.15, 0.2) is 46.9 Å². The SMILES string of the molecule is COc1ccc(C2=NN(C3CN(c4nc(N)nc5sccc45)C3)C(=O)[C@@H]3CC=CC[C@H]23)cc1OC. The van der Waals surface area contributed by atoms with Crippen molar-refractivity contribution in [1.82, 2.24) is 15.0 Å². The topological polar surface area (TPSA) is 106 Å². The van der Waals surface area contributed by atoms with Gasteiger partial charge in [0.15, 0.2) is 11.5 Å². The van der Waals surface area contributed by atoms with Crippen LogP contribution >= 0.6 is 11.3 Å². The van der Waals surface area contributed by atoms with Crippen molar-refractivity contribution in [3.63, 3.8) is 0 Å². The Morgan fingerprint density at radius 3 is 2.57 bits per heavy atom. The minimum Gasteiger partial charge on any atom is -0.493 e. The molecule has 0 spiro atoms. The molecule has 9 nitrogen and oxygen atoms in total. The number of nitrogens with zero attached hydrogens (tertiary/aromatic N) is 5. The Labute approximate surface area is 206 Å². The minimum atomic E-state index is -0.118. The lowest BCUT2D eigenvalue weighted by atomic mass is 9.76. The van der Waals surface area contributed by atoms with Gasteiger partial charge in [0.2, 0.25) is 11.9 Å². The zero-order chi connectivity index (χ0) is 24.1. The van der Waals surface area contributed by atoms with Crippen LogP contribution in [-0.2, 0) is 4.79 Å². The summed E-state index contributed by atoms with van der Waals surface area (Å²) < 4.78 is 10.9. The second kappa shape index (κ2) is 8.53. The molecule has 2 aromatic heterocycles. The molecule has 0 bridgehead atoms. The van der Waals surface area contributed by atoms with Crippen molar-refractivity contribution in [2.75, 3.05) is 37.9 Å². The van der Waals surface area contributed by atoms with Crippen LogP contribution in [0.25, 0.3) is 10.2 Å². The van der Waals surface area contributed by atoms with Crippen molar-refractivity contribution in [3.05, 3.63) is 47.4 Å². The normalized spacial score (nSPS) is 22.1. The predicted octanol–water partition coefficient (Wildman–Crippen LogP) is 3.31. The largest absolute Gasteiger partial charge is 0.493 e. The molecule has 1 aliphatic carbocycles. The number of nitrogens with two attached hydrogens (primary N) is 1. The monoisotopic (exact) mass is 490 g/mol. The number of allylic oxidation sites excluding steroid dienone is 2. The summed E-state index contributed by atoms with van der Waals surface area (Å²) in [6.07, 6.45) is 5.78. The number of methoxy groups -OCH3 is 2. The third-order valence-corrected chi connectivity index (χ3v) is 7.86. The molecule has 0 saturated carbocycles. The first-order valence-electron chi connectivity index (χ1n) is 11.6. The van der Waals surface area contributed by atoms with Crippen LogP contribution in [0.2, 0.25) is 0 Å². The molecule has 1 saturated heterocycles. The maximum atomic E-state index is 13.5. The molecule has 180 valence electrons. The molecule has 2 N–H and O–H groups in total. The van der Waals surface area contributed by atoms with Crippen molar-refractivity contribution in [2.45, 2.75) is 18.9 Å². The molecule has 1 amide bonds. The molecular weight excluding hydrogens is 464 g/mol. The third kappa shape index (κ3) is 3.59. The van der Waals surface area contributed by atoms with Gasteiger partial charge in [0.25, 0.3) is 0 Å². The number of rotatable bonds is 5. The van der Waals surface area contributed by atoms with Crippen molar-refractivity contribution in [3.8, 4) is 11.5 Å². The Morgan fingerprint density at radius 2 is 1.80 bits per heavy atom. The molecule has 1 aromatic carbocycles. The highest BCUT2D eigenvalue weighted by atomic mass is 32.1. The lowest BCUT2D eigenvalue weighted by Gasteiger charge is -2.47. The molecular formula is C25H26N6O3S. The number of thiophene rings is 1. The lowest BCUT2D eigenvalue weighted by molar-refractivity contribution is -0.141. The second-order valence-electron chi connectivity index (χ2n) is 9.00. The van der Waals surface area contributed by atoms with Crippen molar-refractivity contribution >= 4 is 44.9 Å². The van der Waals surface area contributed by atoms with Gasteiger partial charge in [-0.3, -0.25) is 4.79 Å². The highest BCUT2D eigenvalue weighted by Gasteiger charge is 2.45. The average Bonchev–Trinajstić information content (AvgIpc) is 3.32. The molecule has 0 unspecified atom stereocenters. The van der Waals surface area contributed by atoms with Crippen molar-refractivity contribution in [2.24, 2.45) is 16.9 Å². The number of aromatic nitrogens is 2. The van der Waals surface area contributed by atoms with E-state index in [-0.39, 0.29) is 29.7 Å². The Bertz CT molecular complexity index is 1360. The Hall–Kier alpha value is -3.66. The van der Waals surface area contributed by atoms with Crippen LogP contribution in [0.3, 0.4) is 0 Å². The van der Waals surface area contributed by atoms with Gasteiger partial charge in [0, 0.05) is 24.6 Å². The Kier molecular flexibility index (Phi) is 5.32. The molecule has 3 aliphatic rings. The summed E-state index contributed by atoms with van der Waals surface area (Å²) in [4.78, 5) is 25.4. The summed E-state index contributed by atoms with van der Waals surface area (Å²) in [6.45, 7) is 1.28. The van der Waals surface area contributed by atoms with Gasteiger partial charge in [0.05, 0.1) is 37.3 Å². The van der Waals surface area contributed by atoms with E-state index in [1.54, 1.807) is 30.6 Å². The summed E-state index contributed by atoms with van der Waals surface area (Å²) >= 11 is 1.54. The Balaban J connectivity index is 1.32. The highest BCUT2D eigenvalue weighted by Crippen LogP contribution is 2.39. The number of carbonyl (C=O) groups is 1. The van der Waals surface area contributed by atoms with Gasteiger partial charge in [-0.05, 0) is 42.5 Å². The molecule has 10 heteroatoms. The van der Waals surface area contributed by atoms with Crippen LogP contribution < -0.4 is 20.1 Å². The zero-order valence-corrected chi connectivity index (χ0v) is 20.4. The molecule has 2 atom stereocenters. The Morgan fingerprint density at radius 1 is 1.03 bits per heavy atom. The number of anilines is 2. The highest BCUT2D eigenvalue weighted by molar-refractivity contribution is 7.16. The number of hydrazone groups is 1. The van der Waals surface area contributed by atoms with E-state index in [0.717, 1.165) is 40.2 Å². The molecule has 35 heavy (non-hydrogen) atoms. The first-order valence-corrected chi connectivity index (χ1v) is 12.5. The van der Waals surface area contributed by atoms with Crippen molar-refractivity contribution < 1.29 is 14.3 Å². The molecule has 4 heterocycles. The number of hydrogen-bond acceptors (Lipinski definition) is 9. The summed E-state index contributed by atoms with van der Waals surface area (Å²) in [7, 11) is 3.25. The third-order valence-electron chi connectivity index (χ3n) is 7.05. The standard InChI is InChI=1S/C25H26N6O3S/c1-33-19-8-7-14(11-20(19)34-2)21-16-5-3-4-6-17(16)24(32)31(29-21)15-12-30(13-15)22-18-9-10-35-23(18)28-25(26)27-22/h3-4,7-11,15-17H,5-6,12-13H2,1-2H3,(H2,26,27,28)/t16-,17+/m0/s1. The number of carbonyl (C=O) groups excluding carboxylic acids is 1. The van der Waals surface area contributed by atoms with E-state index in [0.29, 0.717) is 24.6 Å². The number of ether oxygens (including phenoxy) is 2. The van der Waals surface area contributed by atoms with E-state index >= 15 is 0 Å². The quantitative estimate of drug-likeness (QED) is 0.547. The first-order chi connectivity index (χ1) is 17.1. The number of benzene rings is 1. The number of nitrogen functional groups attached to an aromatic ring is 1. The van der Waals surface area contributed by atoms with Gasteiger partial charge < -0.3 is 20.1 Å². The van der Waals surface area contributed by atoms with Gasteiger partial charge in [-0.1, -0.05) is 12.2 Å². The fourth-order valence-electron chi connectivity index (χ4n) is 5.21. The van der Waals surface area contributed by atoms with E-state index in [4.69, 9.17) is 20.3 Å². The maximum absolute atomic E-state index is 13.5. The summed E-state index contributed by atoms with van der Waals surface area (Å²) in [5.74, 6) is 2.42. The fraction of sp³-hybridized carbons (Fsp3) is 0.360. The fourth-order valence-corrected chi connectivity index (χ4v) is 5.97. The summed E-state index contributed by atoms with van der Waals surface area (Å²) in [6, 6.07) is 7.82. The van der Waals surface area contributed by atoms with Gasteiger partial charge in [-0.15, -0.1) is 11.3 Å². The minimum absolute atomic E-state index is 0.0330. The lowest BCUT2D eigenvalue weighted by Crippen LogP contribution is -2.62. The number of fused-ring (bicyclic) bond motifs is 2. The number of amides is 1. The van der Waals surface area contributed by atoms with Gasteiger partial charge in [-0.25, -0.2) is 9.99 Å². The van der Waals surface area contributed by atoms with E-state index in [2.05, 4.69) is 27.0 Å². The molecule has 0 radical (unpaired) electrons. The predicted molar refractivity (Wildman–Crippen MR) is 136 cm³/mol. The van der Waals surface area contributed by atoms with Crippen molar-refractivity contribution in [1.29, 1.82) is 0 Å². The summed E-state index contributed by atoms with van der Waals surface area (Å²) in [5.41, 5.74) is 7.82. The van der Waals surface area contributed by atoms with Crippen LogP contribution in [0, 0.1) is 11.8 Å². The smallest absolute Gasteiger partial charge is 0.247 e. The molecule has 2 aliphatic heterocycles. The molecule has 1 fully saturated rings. The van der Waals surface area contributed by atoms with Gasteiger partial charge in [-0.2, -0.15) is 10.1 Å². The van der Waals surface area contributed by atoms with Crippen LogP contribution in [-0.4, -0.2) is 59.9 Å². The maximum Gasteiger partial charge on any atom is 0.247 e. The van der Waals surface area contributed by atoms with Crippen LogP contribution in [0.4, 0.5) is 11.8 Å². The van der Waals surface area contributed by atoms with E-state index in [1.165, 1.54) is 0 Å². The average molecular weight is 491 g/mol. The number of hydrogen-bond donors (Lipinski definition) is 1. The van der Waals surface area contributed by atoms with E-state index < -0.39 is 0 Å². The molecule has 3 aromatic rings. The van der Waals surface area contributed by atoms with Gasteiger partial charge in [0.1, 0.15) is 10.6 Å². The van der Waals surface area contributed by atoms with E-state index in [1.807, 2.05) is 29.6 Å². The summed E-state index contributed by atoms with van der Waals surface area (Å²) in [5, 5.41) is 9.64. The van der Waals surface area contributed by atoms with Crippen LogP contribution in [0.5, 0.6) is 11.5 Å². The second-order valence-corrected chi connectivity index (χ2v) is 9.89. The molecule has 6 rings (SSSR count). The first kappa shape index (κ1) is 21.8. The van der Waals surface area contributed by atoms with Crippen LogP contribution in [0.1, 0.15) is 18.4 Å². The zero-order valence-electron chi connectivity index (χ0n) is 19.5. The van der Waals surface area contributed by atoms with E-state index in [9.17, 15) is 4.79 Å². The van der Waals surface area contributed by atoms with Gasteiger partial charge >= 0.3 is 0 Å².